The second kappa shape index (κ2) is 13.5. The van der Waals surface area contributed by atoms with Crippen molar-refractivity contribution < 1.29 is 24.1 Å². The Morgan fingerprint density at radius 1 is 0.810 bits per heavy atom. The average molecular weight is 304 g/mol. The van der Waals surface area contributed by atoms with Gasteiger partial charge in [0.1, 0.15) is 0 Å². The zero-order chi connectivity index (χ0) is 15.2. The molecule has 1 N–H and O–H groups in total. The highest BCUT2D eigenvalue weighted by molar-refractivity contribution is 4.74. The molecule has 0 bridgehead atoms. The van der Waals surface area contributed by atoms with Gasteiger partial charge in [-0.3, -0.25) is 0 Å². The van der Waals surface area contributed by atoms with Crippen LogP contribution in [0.2, 0.25) is 0 Å². The van der Waals surface area contributed by atoms with Gasteiger partial charge in [-0.05, 0) is 19.3 Å². The van der Waals surface area contributed by atoms with Crippen molar-refractivity contribution in [1.82, 2.24) is 0 Å². The van der Waals surface area contributed by atoms with E-state index in [9.17, 15) is 5.11 Å². The molecule has 21 heavy (non-hydrogen) atoms. The monoisotopic (exact) mass is 304 g/mol. The van der Waals surface area contributed by atoms with Gasteiger partial charge in [0.2, 0.25) is 0 Å². The molecule has 2 unspecified atom stereocenters. The van der Waals surface area contributed by atoms with Gasteiger partial charge in [0.25, 0.3) is 0 Å². The van der Waals surface area contributed by atoms with E-state index in [2.05, 4.69) is 6.92 Å². The maximum Gasteiger partial charge on any atom is 0.0835 e. The summed E-state index contributed by atoms with van der Waals surface area (Å²) < 4.78 is 21.9. The zero-order valence-corrected chi connectivity index (χ0v) is 13.4. The van der Waals surface area contributed by atoms with Gasteiger partial charge in [-0.25, -0.2) is 0 Å². The Bertz CT molecular complexity index is 225. The number of aliphatic hydroxyl groups excluding tert-OH is 1. The molecule has 126 valence electrons. The molecule has 1 fully saturated rings. The Kier molecular flexibility index (Phi) is 12.1. The smallest absolute Gasteiger partial charge is 0.0835 e. The van der Waals surface area contributed by atoms with Crippen LogP contribution in [0.1, 0.15) is 45.4 Å². The van der Waals surface area contributed by atoms with Crippen LogP contribution in [0.4, 0.5) is 0 Å². The molecule has 1 saturated carbocycles. The van der Waals surface area contributed by atoms with E-state index in [1.165, 1.54) is 0 Å². The third-order valence-corrected chi connectivity index (χ3v) is 3.61. The summed E-state index contributed by atoms with van der Waals surface area (Å²) >= 11 is 0. The number of rotatable bonds is 13. The Morgan fingerprint density at radius 2 is 1.38 bits per heavy atom. The molecule has 2 atom stereocenters. The summed E-state index contributed by atoms with van der Waals surface area (Å²) in [6.07, 6.45) is 6.05. The van der Waals surface area contributed by atoms with E-state index in [0.717, 1.165) is 45.1 Å². The number of aliphatic hydroxyl groups is 1. The van der Waals surface area contributed by atoms with Gasteiger partial charge in [0.15, 0.2) is 0 Å². The van der Waals surface area contributed by atoms with Crippen molar-refractivity contribution in [3.05, 3.63) is 0 Å². The zero-order valence-electron chi connectivity index (χ0n) is 13.4. The molecule has 0 aromatic heterocycles. The molecule has 0 aromatic rings. The Hall–Kier alpha value is -0.200. The molecule has 0 radical (unpaired) electrons. The summed E-state index contributed by atoms with van der Waals surface area (Å²) in [7, 11) is 0. The number of ether oxygens (including phenoxy) is 4. The summed E-state index contributed by atoms with van der Waals surface area (Å²) in [5.74, 6) is 0. The summed E-state index contributed by atoms with van der Waals surface area (Å²) in [6.45, 7) is 6.51. The molecule has 5 nitrogen and oxygen atoms in total. The van der Waals surface area contributed by atoms with Gasteiger partial charge >= 0.3 is 0 Å². The molecule has 0 saturated heterocycles. The summed E-state index contributed by atoms with van der Waals surface area (Å²) in [4.78, 5) is 0. The largest absolute Gasteiger partial charge is 0.390 e. The standard InChI is InChI=1S/C16H32O5/c1-2-3-8-18-9-10-19-11-12-20-13-14-21-16-7-5-4-6-15(16)17/h15-17H,2-14H2,1H3. The Morgan fingerprint density at radius 3 is 2.00 bits per heavy atom. The fourth-order valence-corrected chi connectivity index (χ4v) is 2.32. The lowest BCUT2D eigenvalue weighted by atomic mass is 9.95. The van der Waals surface area contributed by atoms with E-state index >= 15 is 0 Å². The minimum absolute atomic E-state index is 0.00105. The van der Waals surface area contributed by atoms with Crippen molar-refractivity contribution in [3.63, 3.8) is 0 Å². The highest BCUT2D eigenvalue weighted by Gasteiger charge is 2.23. The molecule has 0 amide bonds. The minimum atomic E-state index is -0.296. The van der Waals surface area contributed by atoms with Crippen LogP contribution in [-0.2, 0) is 18.9 Å². The fourth-order valence-electron chi connectivity index (χ4n) is 2.32. The van der Waals surface area contributed by atoms with E-state index in [-0.39, 0.29) is 12.2 Å². The number of unbranched alkanes of at least 4 members (excludes halogenated alkanes) is 1. The Labute approximate surface area is 128 Å². The second-order valence-corrected chi connectivity index (χ2v) is 5.45. The van der Waals surface area contributed by atoms with E-state index in [0.29, 0.717) is 39.6 Å². The molecule has 0 aromatic carbocycles. The summed E-state index contributed by atoms with van der Waals surface area (Å²) in [6, 6.07) is 0. The highest BCUT2D eigenvalue weighted by Crippen LogP contribution is 2.20. The molecular weight excluding hydrogens is 272 g/mol. The van der Waals surface area contributed by atoms with Gasteiger partial charge < -0.3 is 24.1 Å². The highest BCUT2D eigenvalue weighted by atomic mass is 16.6. The SMILES string of the molecule is CCCCOCCOCCOCCOC1CCCCC1O. The van der Waals surface area contributed by atoms with Crippen LogP contribution in [0, 0.1) is 0 Å². The van der Waals surface area contributed by atoms with Gasteiger partial charge in [-0.15, -0.1) is 0 Å². The maximum atomic E-state index is 9.75. The topological polar surface area (TPSA) is 57.2 Å². The molecule has 1 rings (SSSR count). The lowest BCUT2D eigenvalue weighted by molar-refractivity contribution is -0.0768. The van der Waals surface area contributed by atoms with Crippen molar-refractivity contribution in [2.45, 2.75) is 57.7 Å². The maximum absolute atomic E-state index is 9.75. The molecule has 0 aliphatic heterocycles. The molecule has 1 aliphatic rings. The predicted octanol–water partition coefficient (Wildman–Crippen LogP) is 2.16. The van der Waals surface area contributed by atoms with Crippen molar-refractivity contribution >= 4 is 0 Å². The van der Waals surface area contributed by atoms with Gasteiger partial charge in [0, 0.05) is 6.61 Å². The molecule has 0 heterocycles. The third kappa shape index (κ3) is 10.2. The predicted molar refractivity (Wildman–Crippen MR) is 81.6 cm³/mol. The van der Waals surface area contributed by atoms with Gasteiger partial charge in [-0.1, -0.05) is 26.2 Å². The lowest BCUT2D eigenvalue weighted by Crippen LogP contribution is -2.33. The van der Waals surface area contributed by atoms with Gasteiger partial charge in [0.05, 0.1) is 51.8 Å². The first kappa shape index (κ1) is 18.8. The van der Waals surface area contributed by atoms with Crippen LogP contribution in [0.3, 0.4) is 0 Å². The number of hydrogen-bond donors (Lipinski definition) is 1. The molecule has 0 spiro atoms. The van der Waals surface area contributed by atoms with Crippen molar-refractivity contribution in [1.29, 1.82) is 0 Å². The van der Waals surface area contributed by atoms with Crippen molar-refractivity contribution in [3.8, 4) is 0 Å². The van der Waals surface area contributed by atoms with Crippen molar-refractivity contribution in [2.75, 3.05) is 46.2 Å². The van der Waals surface area contributed by atoms with Crippen LogP contribution in [0.15, 0.2) is 0 Å². The van der Waals surface area contributed by atoms with E-state index in [4.69, 9.17) is 18.9 Å². The summed E-state index contributed by atoms with van der Waals surface area (Å²) in [5, 5.41) is 9.75. The van der Waals surface area contributed by atoms with E-state index in [1.807, 2.05) is 0 Å². The summed E-state index contributed by atoms with van der Waals surface area (Å²) in [5.41, 5.74) is 0. The Balaban J connectivity index is 1.76. The van der Waals surface area contributed by atoms with Gasteiger partial charge in [-0.2, -0.15) is 0 Å². The fraction of sp³-hybridized carbons (Fsp3) is 1.00. The minimum Gasteiger partial charge on any atom is -0.390 e. The van der Waals surface area contributed by atoms with Crippen molar-refractivity contribution in [2.24, 2.45) is 0 Å². The lowest BCUT2D eigenvalue weighted by Gasteiger charge is -2.27. The van der Waals surface area contributed by atoms with Crippen LogP contribution in [0.5, 0.6) is 0 Å². The third-order valence-electron chi connectivity index (χ3n) is 3.61. The average Bonchev–Trinajstić information content (AvgIpc) is 2.50. The first-order valence-electron chi connectivity index (χ1n) is 8.37. The van der Waals surface area contributed by atoms with Crippen LogP contribution in [0.25, 0.3) is 0 Å². The first-order valence-corrected chi connectivity index (χ1v) is 8.37. The normalized spacial score (nSPS) is 22.6. The molecule has 1 aliphatic carbocycles. The number of hydrogen-bond acceptors (Lipinski definition) is 5. The van der Waals surface area contributed by atoms with E-state index < -0.39 is 0 Å². The quantitative estimate of drug-likeness (QED) is 0.528. The first-order chi connectivity index (χ1) is 10.3. The molecule has 5 heteroatoms. The van der Waals surface area contributed by atoms with E-state index in [1.54, 1.807) is 0 Å². The van der Waals surface area contributed by atoms with Crippen LogP contribution < -0.4 is 0 Å². The van der Waals surface area contributed by atoms with Crippen LogP contribution in [-0.4, -0.2) is 63.6 Å². The molecular formula is C16H32O5. The van der Waals surface area contributed by atoms with Crippen LogP contribution >= 0.6 is 0 Å². The second-order valence-electron chi connectivity index (χ2n) is 5.45.